The fraction of sp³-hybridized carbons (Fsp3) is 0.105. The van der Waals surface area contributed by atoms with Crippen molar-refractivity contribution >= 4 is 45.7 Å². The molecule has 8 nitrogen and oxygen atoms in total. The molecular weight excluding hydrogens is 380 g/mol. The third-order valence-corrected chi connectivity index (χ3v) is 5.08. The van der Waals surface area contributed by atoms with Gasteiger partial charge in [-0.25, -0.2) is 4.98 Å². The lowest BCUT2D eigenvalue weighted by atomic mass is 10.0. The number of ketones is 1. The van der Waals surface area contributed by atoms with Crippen LogP contribution in [0.15, 0.2) is 48.5 Å². The minimum atomic E-state index is -0.606. The van der Waals surface area contributed by atoms with Crippen LogP contribution in [0, 0.1) is 10.1 Å². The van der Waals surface area contributed by atoms with E-state index >= 15 is 0 Å². The van der Waals surface area contributed by atoms with Crippen molar-refractivity contribution in [1.82, 2.24) is 4.98 Å². The minimum Gasteiger partial charge on any atom is -0.382 e. The molecule has 0 saturated carbocycles. The third kappa shape index (κ3) is 3.89. The number of benzene rings is 2. The van der Waals surface area contributed by atoms with Crippen LogP contribution >= 0.6 is 11.3 Å². The number of hydrogen-bond donors (Lipinski definition) is 2. The zero-order valence-corrected chi connectivity index (χ0v) is 15.6. The average Bonchev–Trinajstić information content (AvgIpc) is 3.07. The number of nitro benzene ring substituents is 1. The molecule has 0 aliphatic carbocycles. The maximum absolute atomic E-state index is 12.7. The summed E-state index contributed by atoms with van der Waals surface area (Å²) in [7, 11) is 0. The van der Waals surface area contributed by atoms with Gasteiger partial charge in [0.2, 0.25) is 5.78 Å². The van der Waals surface area contributed by atoms with Gasteiger partial charge in [-0.2, -0.15) is 0 Å². The standard InChI is InChI=1S/C19H16N4O4S/c1-11(10-24)12-6-8-13(9-7-12)21-19-22-18(20)17(28-19)16(25)14-4-2-3-5-15(14)23(26)27/h2-11H,20H2,1H3,(H,21,22). The molecule has 28 heavy (non-hydrogen) atoms. The largest absolute Gasteiger partial charge is 0.382 e. The Labute approximate surface area is 164 Å². The number of nitrogen functional groups attached to an aromatic ring is 1. The Hall–Kier alpha value is -3.59. The van der Waals surface area contributed by atoms with E-state index in [0.717, 1.165) is 23.2 Å². The monoisotopic (exact) mass is 396 g/mol. The number of carbonyl (C=O) groups excluding carboxylic acids is 2. The highest BCUT2D eigenvalue weighted by Crippen LogP contribution is 2.32. The first-order chi connectivity index (χ1) is 13.4. The van der Waals surface area contributed by atoms with E-state index in [0.29, 0.717) is 10.8 Å². The number of anilines is 3. The van der Waals surface area contributed by atoms with Gasteiger partial charge >= 0.3 is 0 Å². The smallest absolute Gasteiger partial charge is 0.280 e. The van der Waals surface area contributed by atoms with Crippen molar-refractivity contribution in [1.29, 1.82) is 0 Å². The summed E-state index contributed by atoms with van der Waals surface area (Å²) < 4.78 is 0. The molecule has 0 fully saturated rings. The van der Waals surface area contributed by atoms with Crippen LogP contribution in [0.4, 0.5) is 22.3 Å². The molecule has 0 aliphatic heterocycles. The lowest BCUT2D eigenvalue weighted by Gasteiger charge is -2.06. The van der Waals surface area contributed by atoms with Crippen LogP contribution < -0.4 is 11.1 Å². The van der Waals surface area contributed by atoms with E-state index in [-0.39, 0.29) is 27.9 Å². The molecule has 1 aromatic heterocycles. The fourth-order valence-electron chi connectivity index (χ4n) is 2.57. The van der Waals surface area contributed by atoms with Crippen molar-refractivity contribution in [2.75, 3.05) is 11.1 Å². The molecular formula is C19H16N4O4S. The Balaban J connectivity index is 1.85. The highest BCUT2D eigenvalue weighted by molar-refractivity contribution is 7.18. The van der Waals surface area contributed by atoms with E-state index in [1.165, 1.54) is 18.2 Å². The molecule has 0 aliphatic rings. The molecule has 3 rings (SSSR count). The Bertz CT molecular complexity index is 1050. The summed E-state index contributed by atoms with van der Waals surface area (Å²) in [5.41, 5.74) is 7.14. The molecule has 0 saturated heterocycles. The van der Waals surface area contributed by atoms with Crippen LogP contribution in [0.2, 0.25) is 0 Å². The highest BCUT2D eigenvalue weighted by atomic mass is 32.1. The van der Waals surface area contributed by atoms with Gasteiger partial charge in [0.05, 0.1) is 4.92 Å². The normalized spacial score (nSPS) is 11.6. The molecule has 3 aromatic rings. The number of carbonyl (C=O) groups is 2. The number of nitrogens with zero attached hydrogens (tertiary/aromatic N) is 2. The fourth-order valence-corrected chi connectivity index (χ4v) is 3.43. The van der Waals surface area contributed by atoms with Gasteiger partial charge in [0.15, 0.2) is 5.13 Å². The van der Waals surface area contributed by atoms with Gasteiger partial charge in [0.25, 0.3) is 5.69 Å². The van der Waals surface area contributed by atoms with E-state index < -0.39 is 10.7 Å². The van der Waals surface area contributed by atoms with Gasteiger partial charge in [-0.05, 0) is 23.8 Å². The van der Waals surface area contributed by atoms with Crippen molar-refractivity contribution in [3.8, 4) is 0 Å². The first-order valence-corrected chi connectivity index (χ1v) is 9.09. The summed E-state index contributed by atoms with van der Waals surface area (Å²) in [6.45, 7) is 1.80. The van der Waals surface area contributed by atoms with Crippen LogP contribution in [0.5, 0.6) is 0 Å². The molecule has 0 amide bonds. The molecule has 142 valence electrons. The minimum absolute atomic E-state index is 0.00171. The zero-order valence-electron chi connectivity index (χ0n) is 14.8. The van der Waals surface area contributed by atoms with E-state index in [1.54, 1.807) is 25.1 Å². The van der Waals surface area contributed by atoms with Crippen molar-refractivity contribution in [3.63, 3.8) is 0 Å². The van der Waals surface area contributed by atoms with Crippen LogP contribution in [0.1, 0.15) is 33.6 Å². The summed E-state index contributed by atoms with van der Waals surface area (Å²) in [4.78, 5) is 38.4. The second-order valence-corrected chi connectivity index (χ2v) is 7.01. The predicted molar refractivity (Wildman–Crippen MR) is 107 cm³/mol. The number of nitro groups is 1. The lowest BCUT2D eigenvalue weighted by molar-refractivity contribution is -0.385. The van der Waals surface area contributed by atoms with Crippen LogP contribution in [0.3, 0.4) is 0 Å². The van der Waals surface area contributed by atoms with Crippen molar-refractivity contribution < 1.29 is 14.5 Å². The van der Waals surface area contributed by atoms with Gasteiger partial charge in [-0.3, -0.25) is 14.9 Å². The molecule has 0 spiro atoms. The lowest BCUT2D eigenvalue weighted by Crippen LogP contribution is -2.06. The van der Waals surface area contributed by atoms with E-state index in [4.69, 9.17) is 5.73 Å². The van der Waals surface area contributed by atoms with Crippen molar-refractivity contribution in [2.24, 2.45) is 0 Å². The molecule has 0 bridgehead atoms. The SMILES string of the molecule is CC(C=O)c1ccc(Nc2nc(N)c(C(=O)c3ccccc3[N+](=O)[O-])s2)cc1. The summed E-state index contributed by atoms with van der Waals surface area (Å²) in [6, 6.07) is 12.9. The molecule has 1 unspecified atom stereocenters. The first-order valence-electron chi connectivity index (χ1n) is 8.27. The molecule has 9 heteroatoms. The quantitative estimate of drug-likeness (QED) is 0.268. The average molecular weight is 396 g/mol. The summed E-state index contributed by atoms with van der Waals surface area (Å²) in [6.07, 6.45) is 0.866. The summed E-state index contributed by atoms with van der Waals surface area (Å²) in [5.74, 6) is -0.747. The highest BCUT2D eigenvalue weighted by Gasteiger charge is 2.25. The van der Waals surface area contributed by atoms with E-state index in [9.17, 15) is 19.7 Å². The summed E-state index contributed by atoms with van der Waals surface area (Å²) >= 11 is 1.02. The first kappa shape index (κ1) is 19.2. The van der Waals surface area contributed by atoms with Crippen molar-refractivity contribution in [2.45, 2.75) is 12.8 Å². The number of aldehydes is 1. The van der Waals surface area contributed by atoms with Crippen LogP contribution in [0.25, 0.3) is 0 Å². The molecule has 2 aromatic carbocycles. The number of rotatable bonds is 7. The number of aromatic nitrogens is 1. The molecule has 1 heterocycles. The number of thiazole rings is 1. The van der Waals surface area contributed by atoms with Crippen LogP contribution in [-0.2, 0) is 4.79 Å². The number of para-hydroxylation sites is 1. The Kier molecular flexibility index (Phi) is 5.46. The number of nitrogens with one attached hydrogen (secondary N) is 1. The van der Waals surface area contributed by atoms with Gasteiger partial charge in [0.1, 0.15) is 22.5 Å². The number of nitrogens with two attached hydrogens (primary N) is 1. The van der Waals surface area contributed by atoms with Gasteiger partial charge in [0, 0.05) is 17.7 Å². The van der Waals surface area contributed by atoms with E-state index in [1.807, 2.05) is 12.1 Å². The molecule has 3 N–H and O–H groups in total. The number of hydrogen-bond acceptors (Lipinski definition) is 8. The second kappa shape index (κ2) is 7.97. The van der Waals surface area contributed by atoms with Gasteiger partial charge in [-0.1, -0.05) is 42.5 Å². The predicted octanol–water partition coefficient (Wildman–Crippen LogP) is 3.91. The maximum atomic E-state index is 12.7. The topological polar surface area (TPSA) is 128 Å². The van der Waals surface area contributed by atoms with Gasteiger partial charge in [-0.15, -0.1) is 0 Å². The Morgan fingerprint density at radius 2 is 1.93 bits per heavy atom. The Morgan fingerprint density at radius 1 is 1.25 bits per heavy atom. The second-order valence-electron chi connectivity index (χ2n) is 6.01. The van der Waals surface area contributed by atoms with Crippen molar-refractivity contribution in [3.05, 3.63) is 74.6 Å². The maximum Gasteiger partial charge on any atom is 0.280 e. The zero-order chi connectivity index (χ0) is 20.3. The van der Waals surface area contributed by atoms with Gasteiger partial charge < -0.3 is 15.8 Å². The van der Waals surface area contributed by atoms with E-state index in [2.05, 4.69) is 10.3 Å². The summed E-state index contributed by atoms with van der Waals surface area (Å²) in [5, 5.41) is 14.6. The van der Waals surface area contributed by atoms with Crippen LogP contribution in [-0.4, -0.2) is 22.0 Å². The molecule has 1 atom stereocenters. The molecule has 0 radical (unpaired) electrons. The third-order valence-electron chi connectivity index (χ3n) is 4.10. The Morgan fingerprint density at radius 3 is 2.57 bits per heavy atom.